The van der Waals surface area contributed by atoms with Crippen molar-refractivity contribution < 1.29 is 4.43 Å². The Kier molecular flexibility index (Phi) is 3.97. The molecule has 2 nitrogen and oxygen atoms in total. The predicted molar refractivity (Wildman–Crippen MR) is 84.5 cm³/mol. The Morgan fingerprint density at radius 1 is 1.16 bits per heavy atom. The fourth-order valence-corrected chi connectivity index (χ4v) is 3.41. The second-order valence-electron chi connectivity index (χ2n) is 6.86. The summed E-state index contributed by atoms with van der Waals surface area (Å²) in [6.07, 6.45) is 1.23. The minimum absolute atomic E-state index is 0.266. The van der Waals surface area contributed by atoms with E-state index in [4.69, 9.17) is 4.43 Å². The van der Waals surface area contributed by atoms with Crippen LogP contribution in [-0.2, 0) is 4.43 Å². The van der Waals surface area contributed by atoms with Crippen molar-refractivity contribution >= 4 is 14.0 Å². The number of benzene rings is 1. The van der Waals surface area contributed by atoms with Gasteiger partial charge in [-0.15, -0.1) is 0 Å². The van der Waals surface area contributed by atoms with Gasteiger partial charge in [-0.2, -0.15) is 0 Å². The molecule has 0 N–H and O–H groups in total. The maximum atomic E-state index is 6.44. The number of hydrogen-bond donors (Lipinski definition) is 0. The highest BCUT2D eigenvalue weighted by Gasteiger charge is 2.40. The van der Waals surface area contributed by atoms with Crippen LogP contribution < -0.4 is 0 Å². The number of aliphatic imine (C=N–C) groups is 1. The molecule has 0 radical (unpaired) electrons. The molecular weight excluding hydrogens is 250 g/mol. The first-order chi connectivity index (χ1) is 8.79. The SMILES string of the molecule is CC(C)(C)[Si](C)(C)O[C@H]1CN=C(c2ccccc2)C1. The van der Waals surface area contributed by atoms with Crippen molar-refractivity contribution in [3.8, 4) is 0 Å². The second-order valence-corrected chi connectivity index (χ2v) is 11.6. The quantitative estimate of drug-likeness (QED) is 0.755. The van der Waals surface area contributed by atoms with E-state index in [1.54, 1.807) is 0 Å². The molecular formula is C16H25NOSi. The Morgan fingerprint density at radius 3 is 2.37 bits per heavy atom. The van der Waals surface area contributed by atoms with Gasteiger partial charge in [0.25, 0.3) is 0 Å². The largest absolute Gasteiger partial charge is 0.412 e. The first-order valence-electron chi connectivity index (χ1n) is 7.06. The highest BCUT2D eigenvalue weighted by molar-refractivity contribution is 6.74. The number of hydrogen-bond acceptors (Lipinski definition) is 2. The van der Waals surface area contributed by atoms with Crippen LogP contribution in [0.4, 0.5) is 0 Å². The molecule has 0 aromatic heterocycles. The predicted octanol–water partition coefficient (Wildman–Crippen LogP) is 4.27. The maximum Gasteiger partial charge on any atom is 0.192 e. The van der Waals surface area contributed by atoms with Crippen LogP contribution in [0.25, 0.3) is 0 Å². The molecule has 0 spiro atoms. The first kappa shape index (κ1) is 14.5. The molecule has 19 heavy (non-hydrogen) atoms. The number of nitrogens with zero attached hydrogens (tertiary/aromatic N) is 1. The van der Waals surface area contributed by atoms with Crippen LogP contribution in [0.15, 0.2) is 35.3 Å². The van der Waals surface area contributed by atoms with Gasteiger partial charge in [0.05, 0.1) is 12.6 Å². The fraction of sp³-hybridized carbons (Fsp3) is 0.562. The molecule has 0 bridgehead atoms. The Hall–Kier alpha value is -0.933. The van der Waals surface area contributed by atoms with Gasteiger partial charge in [-0.05, 0) is 23.7 Å². The minimum atomic E-state index is -1.67. The molecule has 0 amide bonds. The molecule has 1 aromatic carbocycles. The van der Waals surface area contributed by atoms with E-state index >= 15 is 0 Å². The minimum Gasteiger partial charge on any atom is -0.412 e. The topological polar surface area (TPSA) is 21.6 Å². The average Bonchev–Trinajstić information content (AvgIpc) is 2.76. The third-order valence-corrected chi connectivity index (χ3v) is 8.82. The zero-order valence-electron chi connectivity index (χ0n) is 12.7. The van der Waals surface area contributed by atoms with Gasteiger partial charge in [-0.25, -0.2) is 0 Å². The van der Waals surface area contributed by atoms with Crippen LogP contribution in [0.3, 0.4) is 0 Å². The van der Waals surface area contributed by atoms with Crippen LogP contribution in [0, 0.1) is 0 Å². The van der Waals surface area contributed by atoms with Gasteiger partial charge in [0.2, 0.25) is 0 Å². The Bertz CT molecular complexity index is 459. The van der Waals surface area contributed by atoms with Crippen LogP contribution in [0.2, 0.25) is 18.1 Å². The van der Waals surface area contributed by atoms with Crippen LogP contribution >= 0.6 is 0 Å². The summed E-state index contributed by atoms with van der Waals surface area (Å²) in [6, 6.07) is 10.4. The van der Waals surface area contributed by atoms with E-state index in [1.165, 1.54) is 11.3 Å². The molecule has 104 valence electrons. The maximum absolute atomic E-state index is 6.44. The second kappa shape index (κ2) is 5.21. The molecule has 0 fully saturated rings. The van der Waals surface area contributed by atoms with E-state index in [1.807, 2.05) is 6.07 Å². The van der Waals surface area contributed by atoms with Gasteiger partial charge >= 0.3 is 0 Å². The average molecular weight is 275 g/mol. The van der Waals surface area contributed by atoms with Crippen molar-refractivity contribution in [3.63, 3.8) is 0 Å². The lowest BCUT2D eigenvalue weighted by Gasteiger charge is -2.38. The summed E-state index contributed by atoms with van der Waals surface area (Å²) in [6.45, 7) is 12.3. The molecule has 0 saturated carbocycles. The summed E-state index contributed by atoms with van der Waals surface area (Å²) >= 11 is 0. The summed E-state index contributed by atoms with van der Waals surface area (Å²) in [5, 5.41) is 0.266. The molecule has 1 aromatic rings. The molecule has 1 aliphatic heterocycles. The van der Waals surface area contributed by atoms with E-state index in [0.29, 0.717) is 0 Å². The zero-order chi connectivity index (χ0) is 14.1. The lowest BCUT2D eigenvalue weighted by molar-refractivity contribution is 0.203. The van der Waals surface area contributed by atoms with Gasteiger partial charge < -0.3 is 4.43 Å². The Morgan fingerprint density at radius 2 is 1.79 bits per heavy atom. The third-order valence-electron chi connectivity index (χ3n) is 4.28. The van der Waals surface area contributed by atoms with Crippen molar-refractivity contribution in [1.82, 2.24) is 0 Å². The molecule has 3 heteroatoms. The third kappa shape index (κ3) is 3.34. The van der Waals surface area contributed by atoms with E-state index in [-0.39, 0.29) is 11.1 Å². The highest BCUT2D eigenvalue weighted by atomic mass is 28.4. The standard InChI is InChI=1S/C16H25NOSi/c1-16(2,3)19(4,5)18-14-11-15(17-12-14)13-9-7-6-8-10-13/h6-10,14H,11-12H2,1-5H3/t14-/m1/s1. The van der Waals surface area contributed by atoms with E-state index < -0.39 is 8.32 Å². The molecule has 2 rings (SSSR count). The monoisotopic (exact) mass is 275 g/mol. The fourth-order valence-electron chi connectivity index (χ4n) is 2.07. The normalized spacial score (nSPS) is 20.5. The highest BCUT2D eigenvalue weighted by Crippen LogP contribution is 2.38. The molecule has 0 aliphatic carbocycles. The van der Waals surface area contributed by atoms with Crippen molar-refractivity contribution in [2.45, 2.75) is 51.4 Å². The summed E-state index contributed by atoms with van der Waals surface area (Å²) in [5.74, 6) is 0. The van der Waals surface area contributed by atoms with E-state index in [0.717, 1.165) is 13.0 Å². The first-order valence-corrected chi connectivity index (χ1v) is 9.97. The summed E-state index contributed by atoms with van der Waals surface area (Å²) in [4.78, 5) is 4.67. The van der Waals surface area contributed by atoms with Crippen LogP contribution in [-0.4, -0.2) is 26.7 Å². The van der Waals surface area contributed by atoms with Gasteiger partial charge in [-0.1, -0.05) is 51.1 Å². The van der Waals surface area contributed by atoms with Gasteiger partial charge in [-0.3, -0.25) is 4.99 Å². The van der Waals surface area contributed by atoms with Crippen molar-refractivity contribution in [2.24, 2.45) is 4.99 Å². The smallest absolute Gasteiger partial charge is 0.192 e. The molecule has 0 unspecified atom stereocenters. The number of rotatable bonds is 3. The lowest BCUT2D eigenvalue weighted by Crippen LogP contribution is -2.44. The van der Waals surface area contributed by atoms with Gasteiger partial charge in [0.1, 0.15) is 0 Å². The molecule has 1 aliphatic rings. The van der Waals surface area contributed by atoms with Gasteiger partial charge in [0, 0.05) is 12.1 Å². The van der Waals surface area contributed by atoms with E-state index in [2.05, 4.69) is 63.1 Å². The van der Waals surface area contributed by atoms with Crippen LogP contribution in [0.5, 0.6) is 0 Å². The van der Waals surface area contributed by atoms with E-state index in [9.17, 15) is 0 Å². The molecule has 0 saturated heterocycles. The summed E-state index contributed by atoms with van der Waals surface area (Å²) in [7, 11) is -1.67. The molecule has 1 heterocycles. The summed E-state index contributed by atoms with van der Waals surface area (Å²) in [5.41, 5.74) is 2.44. The van der Waals surface area contributed by atoms with Crippen LogP contribution in [0.1, 0.15) is 32.8 Å². The summed E-state index contributed by atoms with van der Waals surface area (Å²) < 4.78 is 6.44. The van der Waals surface area contributed by atoms with Gasteiger partial charge in [0.15, 0.2) is 8.32 Å². The van der Waals surface area contributed by atoms with Crippen molar-refractivity contribution in [1.29, 1.82) is 0 Å². The lowest BCUT2D eigenvalue weighted by atomic mass is 10.1. The Balaban J connectivity index is 1.99. The Labute approximate surface area is 118 Å². The zero-order valence-corrected chi connectivity index (χ0v) is 13.7. The van der Waals surface area contributed by atoms with Crippen molar-refractivity contribution in [3.05, 3.63) is 35.9 Å². The van der Waals surface area contributed by atoms with Crippen molar-refractivity contribution in [2.75, 3.05) is 6.54 Å². The molecule has 1 atom stereocenters.